The summed E-state index contributed by atoms with van der Waals surface area (Å²) < 4.78 is 130. The van der Waals surface area contributed by atoms with Crippen LogP contribution in [-0.2, 0) is 62.1 Å². The minimum absolute atomic E-state index is 0.0811. The maximum atomic E-state index is 14.6. The highest BCUT2D eigenvalue weighted by molar-refractivity contribution is 5.92. The molecule has 8 heterocycles. The summed E-state index contributed by atoms with van der Waals surface area (Å²) in [5.74, 6) is -3.31. The first kappa shape index (κ1) is 63.3. The molecule has 0 spiro atoms. The summed E-state index contributed by atoms with van der Waals surface area (Å²) in [5.41, 5.74) is -1.87. The maximum Gasteiger partial charge on any atom is 0.419 e. The van der Waals surface area contributed by atoms with E-state index in [2.05, 4.69) is 36.1 Å². The lowest BCUT2D eigenvalue weighted by Crippen LogP contribution is -2.51. The Kier molecular flexibility index (Phi) is 18.6. The van der Waals surface area contributed by atoms with Crippen molar-refractivity contribution in [3.8, 4) is 0 Å². The Hall–Kier alpha value is -8.25. The average molecular weight is 1230 g/mol. The van der Waals surface area contributed by atoms with Crippen LogP contribution in [0.25, 0.3) is 22.7 Å². The molecule has 0 saturated carbocycles. The first-order valence-electron chi connectivity index (χ1n) is 28.3. The number of amides is 3. The summed E-state index contributed by atoms with van der Waals surface area (Å²) >= 11 is 0. The molecule has 0 atom stereocenters. The van der Waals surface area contributed by atoms with Crippen LogP contribution in [0.2, 0.25) is 0 Å². The average Bonchev–Trinajstić information content (AvgIpc) is 1.76. The van der Waals surface area contributed by atoms with Crippen molar-refractivity contribution < 1.29 is 63.7 Å². The minimum Gasteiger partial charge on any atom is -0.444 e. The van der Waals surface area contributed by atoms with E-state index in [1.165, 1.54) is 11.4 Å². The normalized spacial score (nSPS) is 16.1. The van der Waals surface area contributed by atoms with Gasteiger partial charge in [0.05, 0.1) is 48.9 Å². The molecule has 0 aliphatic carbocycles. The molecule has 22 nitrogen and oxygen atoms in total. The number of alkyl halides is 6. The second-order valence-electron chi connectivity index (χ2n) is 22.0. The van der Waals surface area contributed by atoms with Crippen LogP contribution in [0.5, 0.6) is 0 Å². The van der Waals surface area contributed by atoms with E-state index in [1.54, 1.807) is 34.8 Å². The monoisotopic (exact) mass is 1230 g/mol. The third-order valence-electron chi connectivity index (χ3n) is 15.0. The number of piperazine rings is 2. The number of aromatic nitrogens is 8. The molecular formula is C57H66F8N14O8. The molecule has 6 aromatic rings. The molecule has 4 aliphatic rings. The van der Waals surface area contributed by atoms with Crippen molar-refractivity contribution in [1.29, 1.82) is 0 Å². The Labute approximate surface area is 492 Å². The van der Waals surface area contributed by atoms with Crippen molar-refractivity contribution in [1.82, 2.24) is 48.5 Å². The highest BCUT2D eigenvalue weighted by atomic mass is 19.4. The fourth-order valence-corrected chi connectivity index (χ4v) is 10.7. The number of nitrogens with one attached hydrogen (secondary N) is 3. The van der Waals surface area contributed by atoms with Gasteiger partial charge in [-0.05, 0) is 95.7 Å². The Balaban J connectivity index is 0.000000210. The van der Waals surface area contributed by atoms with Crippen molar-refractivity contribution in [2.24, 2.45) is 0 Å². The number of benzene rings is 2. The van der Waals surface area contributed by atoms with Crippen molar-refractivity contribution in [2.45, 2.75) is 105 Å². The van der Waals surface area contributed by atoms with Crippen molar-refractivity contribution in [3.63, 3.8) is 0 Å². The summed E-state index contributed by atoms with van der Waals surface area (Å²) in [6, 6.07) is 3.21. The molecule has 2 saturated heterocycles. The number of halogens is 8. The van der Waals surface area contributed by atoms with Gasteiger partial charge in [-0.1, -0.05) is 26.0 Å². The molecule has 0 unspecified atom stereocenters. The zero-order chi connectivity index (χ0) is 62.9. The van der Waals surface area contributed by atoms with E-state index in [1.807, 2.05) is 35.8 Å². The molecule has 87 heavy (non-hydrogen) atoms. The number of hydrogen-bond donors (Lipinski definition) is 3. The van der Waals surface area contributed by atoms with Crippen LogP contribution in [0.1, 0.15) is 92.8 Å². The predicted octanol–water partition coefficient (Wildman–Crippen LogP) is 7.19. The van der Waals surface area contributed by atoms with Gasteiger partial charge in [-0.3, -0.25) is 19.2 Å². The van der Waals surface area contributed by atoms with Crippen LogP contribution >= 0.6 is 0 Å². The highest BCUT2D eigenvalue weighted by Gasteiger charge is 2.37. The van der Waals surface area contributed by atoms with Gasteiger partial charge >= 0.3 is 18.4 Å². The Morgan fingerprint density at radius 1 is 0.632 bits per heavy atom. The van der Waals surface area contributed by atoms with Crippen LogP contribution in [0, 0.1) is 25.5 Å². The topological polar surface area (TPSA) is 229 Å². The molecule has 30 heteroatoms. The van der Waals surface area contributed by atoms with E-state index in [0.29, 0.717) is 132 Å². The summed E-state index contributed by atoms with van der Waals surface area (Å²) in [5, 5.41) is 17.3. The fraction of sp³-hybridized carbons (Fsp3) is 0.491. The Morgan fingerprint density at radius 3 is 1.41 bits per heavy atom. The fourth-order valence-electron chi connectivity index (χ4n) is 10.7. The van der Waals surface area contributed by atoms with Crippen molar-refractivity contribution in [2.75, 3.05) is 99.2 Å². The molecule has 3 amide bonds. The molecule has 2 fully saturated rings. The van der Waals surface area contributed by atoms with Gasteiger partial charge in [0.25, 0.3) is 11.1 Å². The third kappa shape index (κ3) is 13.7. The van der Waals surface area contributed by atoms with E-state index >= 15 is 0 Å². The summed E-state index contributed by atoms with van der Waals surface area (Å²) in [4.78, 5) is 81.8. The minimum atomic E-state index is -4.89. The van der Waals surface area contributed by atoms with Crippen molar-refractivity contribution >= 4 is 63.4 Å². The molecule has 10 rings (SSSR count). The van der Waals surface area contributed by atoms with E-state index in [9.17, 15) is 59.1 Å². The van der Waals surface area contributed by atoms with E-state index in [-0.39, 0.29) is 64.9 Å². The molecule has 2 aromatic carbocycles. The summed E-state index contributed by atoms with van der Waals surface area (Å²) in [6.45, 7) is 16.0. The Bertz CT molecular complexity index is 3810. The lowest BCUT2D eigenvalue weighted by Gasteiger charge is -2.37. The van der Waals surface area contributed by atoms with Gasteiger partial charge in [0.2, 0.25) is 23.4 Å². The van der Waals surface area contributed by atoms with Gasteiger partial charge in [-0.2, -0.15) is 45.3 Å². The largest absolute Gasteiger partial charge is 0.444 e. The lowest BCUT2D eigenvalue weighted by molar-refractivity contribution is -0.140. The number of rotatable bonds is 12. The van der Waals surface area contributed by atoms with Crippen molar-refractivity contribution in [3.05, 3.63) is 114 Å². The maximum absolute atomic E-state index is 14.6. The number of fused-ring (bicyclic) bond motifs is 2. The number of ether oxygens (including phenoxy) is 3. The predicted molar refractivity (Wildman–Crippen MR) is 305 cm³/mol. The molecule has 0 radical (unpaired) electrons. The molecule has 4 aromatic heterocycles. The SMILES string of the molecule is CCc1c(N2CCN(C(=O)OC(C)(C)C)CC2)c(=O)n2nc(C3=CCOCC3)nc2n1CC(=O)Nc1ccc(C(F)(F)F)c(F)c1C.CCc1c(N2CCNCC2)c(=O)n2nc(C3=CCOCC3)nc2n1CC(=O)Nc1ccc(C(F)(F)F)c(F)c1C. The van der Waals surface area contributed by atoms with E-state index < -0.39 is 70.7 Å². The third-order valence-corrected chi connectivity index (χ3v) is 15.0. The number of carbonyl (C=O) groups excluding carboxylic acids is 3. The molecule has 0 bridgehead atoms. The second-order valence-corrected chi connectivity index (χ2v) is 22.0. The molecule has 468 valence electrons. The number of hydrogen-bond acceptors (Lipinski definition) is 15. The number of anilines is 4. The van der Waals surface area contributed by atoms with Crippen LogP contribution in [0.4, 0.5) is 62.7 Å². The van der Waals surface area contributed by atoms with Crippen LogP contribution in [-0.4, -0.2) is 146 Å². The second kappa shape index (κ2) is 25.6. The zero-order valence-electron chi connectivity index (χ0n) is 48.9. The summed E-state index contributed by atoms with van der Waals surface area (Å²) in [7, 11) is 0. The van der Waals surface area contributed by atoms with Gasteiger partial charge in [-0.15, -0.1) is 10.2 Å². The smallest absolute Gasteiger partial charge is 0.419 e. The standard InChI is InChI=1S/C31H37F4N7O5.C26H29F4N7O3/c1-6-22-25(39-11-13-40(14-12-39)29(45)47-30(3,4)5)27(44)42-28(37-26(38-42)19-9-15-46-16-10-19)41(22)17-23(43)36-21-8-7-20(31(33,34)35)24(32)18(21)2;1-3-19-22(35-10-8-31-9-11-35)24(39)37-25(33-23(34-37)16-6-12-40-13-7-16)36(19)14-20(38)32-18-5-4-17(26(28,29)30)21(27)15(18)2/h7-9H,6,10-17H2,1-5H3,(H,36,43);4-6,31H,3,7-14H2,1-2H3,(H,32,38). The Morgan fingerprint density at radius 2 is 1.05 bits per heavy atom. The van der Waals surface area contributed by atoms with Gasteiger partial charge in [0.1, 0.15) is 41.7 Å². The van der Waals surface area contributed by atoms with E-state index in [0.717, 1.165) is 34.7 Å². The van der Waals surface area contributed by atoms with Crippen LogP contribution in [0.3, 0.4) is 0 Å². The lowest BCUT2D eigenvalue weighted by atomic mass is 10.1. The van der Waals surface area contributed by atoms with Gasteiger partial charge in [0, 0.05) is 74.9 Å². The zero-order valence-corrected chi connectivity index (χ0v) is 48.9. The molecular weight excluding hydrogens is 1160 g/mol. The van der Waals surface area contributed by atoms with Gasteiger partial charge < -0.3 is 54.0 Å². The number of carbonyl (C=O) groups is 3. The van der Waals surface area contributed by atoms with Crippen LogP contribution in [0.15, 0.2) is 46.0 Å². The van der Waals surface area contributed by atoms with E-state index in [4.69, 9.17) is 14.2 Å². The summed E-state index contributed by atoms with van der Waals surface area (Å²) in [6.07, 6.45) is -4.77. The molecule has 3 N–H and O–H groups in total. The quantitative estimate of drug-likeness (QED) is 0.103. The van der Waals surface area contributed by atoms with Crippen LogP contribution < -0.4 is 36.9 Å². The van der Waals surface area contributed by atoms with Gasteiger partial charge in [0.15, 0.2) is 11.6 Å². The first-order chi connectivity index (χ1) is 41.2. The molecule has 4 aliphatic heterocycles. The number of nitrogens with zero attached hydrogens (tertiary/aromatic N) is 11. The first-order valence-corrected chi connectivity index (χ1v) is 28.3. The van der Waals surface area contributed by atoms with Gasteiger partial charge in [-0.25, -0.2) is 13.6 Å². The highest BCUT2D eigenvalue weighted by Crippen LogP contribution is 2.37.